The molecule has 0 saturated carbocycles. The average Bonchev–Trinajstić information content (AvgIpc) is 2.99. The Morgan fingerprint density at radius 2 is 1.76 bits per heavy atom. The Bertz CT molecular complexity index is 651. The smallest absolute Gasteiger partial charge is 0.321 e. The van der Waals surface area contributed by atoms with Crippen molar-refractivity contribution in [1.82, 2.24) is 0 Å². The molecule has 2 heterocycles. The van der Waals surface area contributed by atoms with Crippen LogP contribution in [0.1, 0.15) is 33.6 Å². The summed E-state index contributed by atoms with van der Waals surface area (Å²) in [4.78, 5) is 46.3. The van der Waals surface area contributed by atoms with Crippen molar-refractivity contribution in [3.63, 3.8) is 0 Å². The van der Waals surface area contributed by atoms with Crippen molar-refractivity contribution in [3.05, 3.63) is 11.6 Å². The van der Waals surface area contributed by atoms with Crippen LogP contribution in [0.2, 0.25) is 0 Å². The summed E-state index contributed by atoms with van der Waals surface area (Å²) in [5.41, 5.74) is 0.759. The van der Waals surface area contributed by atoms with Crippen LogP contribution in [0.5, 0.6) is 0 Å². The Balaban J connectivity index is 1.81. The Morgan fingerprint density at radius 1 is 1.08 bits per heavy atom. The van der Waals surface area contributed by atoms with Gasteiger partial charge in [-0.25, -0.2) is 0 Å². The fourth-order valence-electron chi connectivity index (χ4n) is 3.93. The van der Waals surface area contributed by atoms with E-state index in [9.17, 15) is 19.2 Å². The molecule has 0 N–H and O–H groups in total. The first kappa shape index (κ1) is 17.6. The third kappa shape index (κ3) is 3.44. The highest BCUT2D eigenvalue weighted by atomic mass is 16.8. The van der Waals surface area contributed by atoms with E-state index in [-0.39, 0.29) is 11.8 Å². The zero-order valence-corrected chi connectivity index (χ0v) is 14.2. The molecule has 2 aliphatic heterocycles. The molecule has 3 aliphatic rings. The van der Waals surface area contributed by atoms with Gasteiger partial charge in [0.2, 0.25) is 12.6 Å². The van der Waals surface area contributed by atoms with Crippen molar-refractivity contribution >= 4 is 23.9 Å². The molecule has 136 valence electrons. The van der Waals surface area contributed by atoms with E-state index in [0.29, 0.717) is 12.8 Å². The fraction of sp³-hybridized carbons (Fsp3) is 0.647. The van der Waals surface area contributed by atoms with Gasteiger partial charge in [0.05, 0.1) is 11.8 Å². The Hall–Kier alpha value is -2.22. The second kappa shape index (κ2) is 6.59. The van der Waals surface area contributed by atoms with Crippen molar-refractivity contribution in [2.75, 3.05) is 0 Å². The normalized spacial score (nSPS) is 37.2. The van der Waals surface area contributed by atoms with Gasteiger partial charge in [-0.2, -0.15) is 0 Å². The largest absolute Gasteiger partial charge is 0.436 e. The third-order valence-electron chi connectivity index (χ3n) is 4.88. The van der Waals surface area contributed by atoms with Gasteiger partial charge in [-0.1, -0.05) is 11.6 Å². The highest BCUT2D eigenvalue weighted by Gasteiger charge is 2.52. The van der Waals surface area contributed by atoms with Crippen LogP contribution in [0.25, 0.3) is 0 Å². The maximum atomic E-state index is 11.9. The predicted octanol–water partition coefficient (Wildman–Crippen LogP) is 1.08. The summed E-state index contributed by atoms with van der Waals surface area (Å²) in [6, 6.07) is 0. The van der Waals surface area contributed by atoms with Crippen LogP contribution < -0.4 is 0 Å². The van der Waals surface area contributed by atoms with E-state index in [1.54, 1.807) is 6.92 Å². The van der Waals surface area contributed by atoms with Crippen LogP contribution in [-0.4, -0.2) is 36.5 Å². The van der Waals surface area contributed by atoms with Gasteiger partial charge in [0.15, 0.2) is 0 Å². The first-order valence-electron chi connectivity index (χ1n) is 8.20. The molecule has 0 radical (unpaired) electrons. The summed E-state index contributed by atoms with van der Waals surface area (Å²) < 4.78 is 20.6. The molecule has 2 saturated heterocycles. The van der Waals surface area contributed by atoms with E-state index < -0.39 is 48.3 Å². The molecule has 25 heavy (non-hydrogen) atoms. The molecule has 2 fully saturated rings. The van der Waals surface area contributed by atoms with Crippen LogP contribution in [0, 0.1) is 23.7 Å². The number of allylic oxidation sites excluding steroid dienone is 1. The number of carbonyl (C=O) groups is 4. The summed E-state index contributed by atoms with van der Waals surface area (Å²) in [7, 11) is 0. The highest BCUT2D eigenvalue weighted by molar-refractivity contribution is 5.98. The van der Waals surface area contributed by atoms with E-state index in [4.69, 9.17) is 18.9 Å². The lowest BCUT2D eigenvalue weighted by atomic mass is 9.71. The summed E-state index contributed by atoms with van der Waals surface area (Å²) in [5, 5.41) is 0. The molecule has 0 aromatic carbocycles. The minimum absolute atomic E-state index is 0.162. The molecule has 6 unspecified atom stereocenters. The number of hydrogen-bond donors (Lipinski definition) is 0. The Morgan fingerprint density at radius 3 is 2.40 bits per heavy atom. The first-order chi connectivity index (χ1) is 11.8. The van der Waals surface area contributed by atoms with Crippen molar-refractivity contribution in [1.29, 1.82) is 0 Å². The molecule has 8 heteroatoms. The monoisotopic (exact) mass is 352 g/mol. The zero-order chi connectivity index (χ0) is 18.3. The van der Waals surface area contributed by atoms with Gasteiger partial charge in [-0.05, 0) is 19.3 Å². The summed E-state index contributed by atoms with van der Waals surface area (Å²) >= 11 is 0. The molecule has 0 spiro atoms. The Kier molecular flexibility index (Phi) is 4.64. The zero-order valence-electron chi connectivity index (χ0n) is 14.2. The third-order valence-corrected chi connectivity index (χ3v) is 4.88. The van der Waals surface area contributed by atoms with Crippen molar-refractivity contribution < 1.29 is 38.1 Å². The molecular formula is C17H20O8. The minimum atomic E-state index is -0.874. The molecule has 3 rings (SSSR count). The first-order valence-corrected chi connectivity index (χ1v) is 8.20. The van der Waals surface area contributed by atoms with Crippen molar-refractivity contribution in [3.8, 4) is 0 Å². The van der Waals surface area contributed by atoms with Crippen molar-refractivity contribution in [2.24, 2.45) is 23.7 Å². The maximum Gasteiger partial charge on any atom is 0.321 e. The number of carbonyl (C=O) groups excluding carboxylic acids is 4. The molecule has 0 aromatic heterocycles. The van der Waals surface area contributed by atoms with Gasteiger partial charge in [0.25, 0.3) is 0 Å². The number of ether oxygens (including phenoxy) is 4. The van der Waals surface area contributed by atoms with Gasteiger partial charge in [-0.15, -0.1) is 0 Å². The van der Waals surface area contributed by atoms with Crippen molar-refractivity contribution in [2.45, 2.75) is 46.2 Å². The molecule has 0 amide bonds. The number of rotatable bonds is 3. The molecule has 8 nitrogen and oxygen atoms in total. The lowest BCUT2D eigenvalue weighted by Gasteiger charge is -2.31. The lowest BCUT2D eigenvalue weighted by molar-refractivity contribution is -0.213. The maximum absolute atomic E-state index is 11.9. The molecular weight excluding hydrogens is 332 g/mol. The molecule has 1 aliphatic carbocycles. The van der Waals surface area contributed by atoms with Crippen LogP contribution in [0.15, 0.2) is 11.6 Å². The number of cyclic esters (lactones) is 2. The van der Waals surface area contributed by atoms with E-state index in [1.807, 2.05) is 6.08 Å². The quantitative estimate of drug-likeness (QED) is 0.322. The summed E-state index contributed by atoms with van der Waals surface area (Å²) in [6.07, 6.45) is 0.954. The van der Waals surface area contributed by atoms with Gasteiger partial charge in [-0.3, -0.25) is 19.2 Å². The SMILES string of the molecule is CC(=O)OC1CC(C2C=C(C)C3C(=O)OC(=O)C3C2)C(OC(C)=O)O1. The fourth-order valence-corrected chi connectivity index (χ4v) is 3.93. The topological polar surface area (TPSA) is 105 Å². The average molecular weight is 352 g/mol. The number of hydrogen-bond acceptors (Lipinski definition) is 8. The number of fused-ring (bicyclic) bond motifs is 1. The van der Waals surface area contributed by atoms with Crippen LogP contribution in [0.4, 0.5) is 0 Å². The van der Waals surface area contributed by atoms with Gasteiger partial charge >= 0.3 is 23.9 Å². The molecule has 0 aromatic rings. The van der Waals surface area contributed by atoms with E-state index in [2.05, 4.69) is 0 Å². The van der Waals surface area contributed by atoms with E-state index in [0.717, 1.165) is 5.57 Å². The Labute approximate surface area is 144 Å². The predicted molar refractivity (Wildman–Crippen MR) is 80.2 cm³/mol. The van der Waals surface area contributed by atoms with E-state index >= 15 is 0 Å². The van der Waals surface area contributed by atoms with E-state index in [1.165, 1.54) is 13.8 Å². The summed E-state index contributed by atoms with van der Waals surface area (Å²) in [5.74, 6) is -3.56. The minimum Gasteiger partial charge on any atom is -0.436 e. The summed E-state index contributed by atoms with van der Waals surface area (Å²) in [6.45, 7) is 4.32. The van der Waals surface area contributed by atoms with Crippen LogP contribution in [0.3, 0.4) is 0 Å². The molecule has 0 bridgehead atoms. The second-order valence-electron chi connectivity index (χ2n) is 6.69. The highest BCUT2D eigenvalue weighted by Crippen LogP contribution is 2.45. The van der Waals surface area contributed by atoms with Crippen LogP contribution >= 0.6 is 0 Å². The van der Waals surface area contributed by atoms with Crippen LogP contribution in [-0.2, 0) is 38.1 Å². The van der Waals surface area contributed by atoms with Gasteiger partial charge < -0.3 is 18.9 Å². The standard InChI is InChI=1S/C17H20O8/c1-7-4-10(5-12-14(7)16(21)25-15(12)20)11-6-13(22-8(2)18)24-17(11)23-9(3)19/h4,10-14,17H,5-6H2,1-3H3. The van der Waals surface area contributed by atoms with Gasteiger partial charge in [0, 0.05) is 26.2 Å². The molecule has 6 atom stereocenters. The second-order valence-corrected chi connectivity index (χ2v) is 6.69. The lowest BCUT2D eigenvalue weighted by Crippen LogP contribution is -2.34. The van der Waals surface area contributed by atoms with Gasteiger partial charge in [0.1, 0.15) is 0 Å². The number of esters is 4.